The van der Waals surface area contributed by atoms with Crippen molar-refractivity contribution in [2.45, 2.75) is 31.5 Å². The van der Waals surface area contributed by atoms with Crippen molar-refractivity contribution < 1.29 is 9.53 Å². The standard InChI is InChI=1S/C19H19NO2/c1-18(2)13-22-19(12-14-8-4-3-5-9-14)16-11-7-6-10-15(16)17(21)20(18)19/h3-11H,12-13H2,1-2H3. The van der Waals surface area contributed by atoms with E-state index in [0.29, 0.717) is 13.0 Å². The van der Waals surface area contributed by atoms with Crippen LogP contribution in [0.5, 0.6) is 0 Å². The molecule has 2 heterocycles. The minimum Gasteiger partial charge on any atom is -0.348 e. The van der Waals surface area contributed by atoms with E-state index in [1.54, 1.807) is 0 Å². The fraction of sp³-hybridized carbons (Fsp3) is 0.316. The number of hydrogen-bond acceptors (Lipinski definition) is 2. The molecule has 0 bridgehead atoms. The summed E-state index contributed by atoms with van der Waals surface area (Å²) in [6, 6.07) is 18.1. The highest BCUT2D eigenvalue weighted by Crippen LogP contribution is 2.50. The number of fused-ring (bicyclic) bond motifs is 3. The maximum Gasteiger partial charge on any atom is 0.257 e. The minimum absolute atomic E-state index is 0.0778. The summed E-state index contributed by atoms with van der Waals surface area (Å²) in [6.07, 6.45) is 0.681. The van der Waals surface area contributed by atoms with Gasteiger partial charge in [-0.15, -0.1) is 0 Å². The largest absolute Gasteiger partial charge is 0.348 e. The quantitative estimate of drug-likeness (QED) is 0.850. The highest BCUT2D eigenvalue weighted by atomic mass is 16.5. The van der Waals surface area contributed by atoms with Gasteiger partial charge in [0.05, 0.1) is 12.1 Å². The van der Waals surface area contributed by atoms with E-state index in [1.807, 2.05) is 47.4 Å². The fourth-order valence-electron chi connectivity index (χ4n) is 3.78. The van der Waals surface area contributed by atoms with Crippen LogP contribution in [-0.2, 0) is 16.9 Å². The van der Waals surface area contributed by atoms with Crippen molar-refractivity contribution in [2.75, 3.05) is 6.61 Å². The Morgan fingerprint density at radius 3 is 2.50 bits per heavy atom. The Labute approximate surface area is 130 Å². The number of rotatable bonds is 2. The monoisotopic (exact) mass is 293 g/mol. The van der Waals surface area contributed by atoms with E-state index in [1.165, 1.54) is 5.56 Å². The Morgan fingerprint density at radius 1 is 1.05 bits per heavy atom. The lowest BCUT2D eigenvalue weighted by Crippen LogP contribution is -2.50. The molecule has 3 heteroatoms. The second-order valence-corrected chi connectivity index (χ2v) is 6.73. The number of carbonyl (C=O) groups excluding carboxylic acids is 1. The minimum atomic E-state index is -0.668. The first-order chi connectivity index (χ1) is 10.5. The first-order valence-corrected chi connectivity index (χ1v) is 7.67. The van der Waals surface area contributed by atoms with Crippen molar-refractivity contribution in [3.63, 3.8) is 0 Å². The summed E-state index contributed by atoms with van der Waals surface area (Å²) < 4.78 is 6.29. The molecule has 112 valence electrons. The van der Waals surface area contributed by atoms with Gasteiger partial charge in [0.1, 0.15) is 0 Å². The molecule has 3 nitrogen and oxygen atoms in total. The predicted molar refractivity (Wildman–Crippen MR) is 84.5 cm³/mol. The molecule has 1 unspecified atom stereocenters. The lowest BCUT2D eigenvalue weighted by atomic mass is 9.93. The van der Waals surface area contributed by atoms with Gasteiger partial charge < -0.3 is 4.74 Å². The van der Waals surface area contributed by atoms with Crippen LogP contribution in [0.25, 0.3) is 0 Å². The maximum atomic E-state index is 12.9. The molecule has 1 saturated heterocycles. The van der Waals surface area contributed by atoms with Crippen LogP contribution in [0.2, 0.25) is 0 Å². The average molecular weight is 293 g/mol. The Balaban J connectivity index is 1.89. The Kier molecular flexibility index (Phi) is 2.73. The number of hydrogen-bond donors (Lipinski definition) is 0. The summed E-state index contributed by atoms with van der Waals surface area (Å²) in [5.41, 5.74) is 1.97. The van der Waals surface area contributed by atoms with Gasteiger partial charge in [-0.1, -0.05) is 48.5 Å². The van der Waals surface area contributed by atoms with Gasteiger partial charge in [-0.3, -0.25) is 9.69 Å². The zero-order chi connectivity index (χ0) is 15.4. The van der Waals surface area contributed by atoms with Gasteiger partial charge in [-0.05, 0) is 25.5 Å². The Bertz CT molecular complexity index is 738. The van der Waals surface area contributed by atoms with E-state index in [4.69, 9.17) is 4.74 Å². The average Bonchev–Trinajstić information content (AvgIpc) is 2.93. The smallest absolute Gasteiger partial charge is 0.257 e. The van der Waals surface area contributed by atoms with Gasteiger partial charge in [-0.2, -0.15) is 0 Å². The highest BCUT2D eigenvalue weighted by molar-refractivity contribution is 6.00. The molecule has 2 aliphatic heterocycles. The van der Waals surface area contributed by atoms with E-state index >= 15 is 0 Å². The Morgan fingerprint density at radius 2 is 1.73 bits per heavy atom. The SMILES string of the molecule is CC1(C)COC2(Cc3ccccc3)c3ccccc3C(=O)N12. The molecule has 1 atom stereocenters. The lowest BCUT2D eigenvalue weighted by molar-refractivity contribution is -0.0690. The predicted octanol–water partition coefficient (Wildman–Crippen LogP) is 3.35. The molecule has 0 aromatic heterocycles. The van der Waals surface area contributed by atoms with Crippen LogP contribution >= 0.6 is 0 Å². The molecule has 0 spiro atoms. The summed E-state index contributed by atoms with van der Waals surface area (Å²) in [5, 5.41) is 0. The van der Waals surface area contributed by atoms with Crippen molar-refractivity contribution in [1.29, 1.82) is 0 Å². The van der Waals surface area contributed by atoms with Gasteiger partial charge in [-0.25, -0.2) is 0 Å². The number of amides is 1. The van der Waals surface area contributed by atoms with Crippen LogP contribution in [0.1, 0.15) is 35.3 Å². The summed E-state index contributed by atoms with van der Waals surface area (Å²) in [7, 11) is 0. The second kappa shape index (κ2) is 4.43. The zero-order valence-electron chi connectivity index (χ0n) is 12.9. The summed E-state index contributed by atoms with van der Waals surface area (Å²) in [5.74, 6) is 0.0778. The molecule has 0 aliphatic carbocycles. The van der Waals surface area contributed by atoms with E-state index in [0.717, 1.165) is 11.1 Å². The van der Waals surface area contributed by atoms with Crippen molar-refractivity contribution in [1.82, 2.24) is 4.90 Å². The topological polar surface area (TPSA) is 29.5 Å². The van der Waals surface area contributed by atoms with E-state index in [9.17, 15) is 4.79 Å². The third kappa shape index (κ3) is 1.69. The van der Waals surface area contributed by atoms with E-state index in [2.05, 4.69) is 26.0 Å². The van der Waals surface area contributed by atoms with Gasteiger partial charge in [0, 0.05) is 17.5 Å². The molecular weight excluding hydrogens is 274 g/mol. The molecule has 2 aromatic carbocycles. The van der Waals surface area contributed by atoms with Crippen LogP contribution in [0.4, 0.5) is 0 Å². The first-order valence-electron chi connectivity index (χ1n) is 7.67. The summed E-state index contributed by atoms with van der Waals surface area (Å²) in [6.45, 7) is 4.70. The van der Waals surface area contributed by atoms with Crippen LogP contribution < -0.4 is 0 Å². The summed E-state index contributed by atoms with van der Waals surface area (Å²) >= 11 is 0. The summed E-state index contributed by atoms with van der Waals surface area (Å²) in [4.78, 5) is 14.9. The highest BCUT2D eigenvalue weighted by Gasteiger charge is 2.60. The van der Waals surface area contributed by atoms with E-state index < -0.39 is 5.72 Å². The molecule has 1 amide bonds. The number of carbonyl (C=O) groups is 1. The molecule has 2 aliphatic rings. The number of ether oxygens (including phenoxy) is 1. The van der Waals surface area contributed by atoms with Crippen molar-refractivity contribution >= 4 is 5.91 Å². The normalized spacial score (nSPS) is 25.2. The van der Waals surface area contributed by atoms with Crippen LogP contribution in [0.3, 0.4) is 0 Å². The third-order valence-electron chi connectivity index (χ3n) is 4.70. The molecule has 0 saturated carbocycles. The second-order valence-electron chi connectivity index (χ2n) is 6.73. The molecular formula is C19H19NO2. The van der Waals surface area contributed by atoms with Crippen LogP contribution in [0, 0.1) is 0 Å². The van der Waals surface area contributed by atoms with Crippen LogP contribution in [-0.4, -0.2) is 23.0 Å². The lowest BCUT2D eigenvalue weighted by Gasteiger charge is -2.37. The zero-order valence-corrected chi connectivity index (χ0v) is 12.9. The maximum absolute atomic E-state index is 12.9. The number of benzene rings is 2. The van der Waals surface area contributed by atoms with Gasteiger partial charge in [0.15, 0.2) is 5.72 Å². The molecule has 0 N–H and O–H groups in total. The van der Waals surface area contributed by atoms with Gasteiger partial charge in [0.25, 0.3) is 5.91 Å². The third-order valence-corrected chi connectivity index (χ3v) is 4.70. The molecule has 0 radical (unpaired) electrons. The van der Waals surface area contributed by atoms with Crippen molar-refractivity contribution in [2.24, 2.45) is 0 Å². The first kappa shape index (κ1) is 13.5. The molecule has 22 heavy (non-hydrogen) atoms. The van der Waals surface area contributed by atoms with Gasteiger partial charge in [0.2, 0.25) is 0 Å². The fourth-order valence-corrected chi connectivity index (χ4v) is 3.78. The molecule has 2 aromatic rings. The number of nitrogens with zero attached hydrogens (tertiary/aromatic N) is 1. The van der Waals surface area contributed by atoms with E-state index in [-0.39, 0.29) is 11.4 Å². The molecule has 4 rings (SSSR count). The van der Waals surface area contributed by atoms with Gasteiger partial charge >= 0.3 is 0 Å². The van der Waals surface area contributed by atoms with Crippen LogP contribution in [0.15, 0.2) is 54.6 Å². The Hall–Kier alpha value is -2.13. The molecule has 1 fully saturated rings. The van der Waals surface area contributed by atoms with Crippen molar-refractivity contribution in [3.05, 3.63) is 71.3 Å². The van der Waals surface area contributed by atoms with Crippen molar-refractivity contribution in [3.8, 4) is 0 Å².